The summed E-state index contributed by atoms with van der Waals surface area (Å²) in [5.74, 6) is 3.14. The van der Waals surface area contributed by atoms with Gasteiger partial charge in [0.25, 0.3) is 0 Å². The summed E-state index contributed by atoms with van der Waals surface area (Å²) >= 11 is 5.53. The summed E-state index contributed by atoms with van der Waals surface area (Å²) in [5, 5.41) is 7.07. The van der Waals surface area contributed by atoms with E-state index in [1.165, 1.54) is 12.8 Å². The van der Waals surface area contributed by atoms with E-state index in [9.17, 15) is 0 Å². The van der Waals surface area contributed by atoms with Crippen LogP contribution in [0.5, 0.6) is 0 Å². The van der Waals surface area contributed by atoms with Crippen molar-refractivity contribution in [3.63, 3.8) is 0 Å². The first kappa shape index (κ1) is 22.4. The Morgan fingerprint density at radius 1 is 1.03 bits per heavy atom. The number of nitrogens with one attached hydrogen (secondary N) is 2. The molecule has 3 aliphatic rings. The first-order valence-corrected chi connectivity index (χ1v) is 11.9. The van der Waals surface area contributed by atoms with E-state index >= 15 is 0 Å². The molecule has 0 spiro atoms. The van der Waals surface area contributed by atoms with Gasteiger partial charge in [0.15, 0.2) is 5.11 Å². The Labute approximate surface area is 190 Å². The average molecular weight is 450 g/mol. The lowest BCUT2D eigenvalue weighted by Gasteiger charge is -2.33. The van der Waals surface area contributed by atoms with Gasteiger partial charge < -0.3 is 29.9 Å². The lowest BCUT2D eigenvalue weighted by Crippen LogP contribution is -2.42. The van der Waals surface area contributed by atoms with Gasteiger partial charge in [0.2, 0.25) is 5.95 Å². The molecule has 10 heteroatoms. The fourth-order valence-corrected chi connectivity index (χ4v) is 4.48. The highest BCUT2D eigenvalue weighted by atomic mass is 32.1. The Kier molecular flexibility index (Phi) is 8.12. The molecule has 1 aromatic rings. The monoisotopic (exact) mass is 449 g/mol. The minimum absolute atomic E-state index is 0.557. The summed E-state index contributed by atoms with van der Waals surface area (Å²) in [4.78, 5) is 16.6. The Balaban J connectivity index is 1.40. The molecule has 0 saturated carbocycles. The van der Waals surface area contributed by atoms with Crippen LogP contribution < -0.4 is 20.4 Å². The third-order valence-electron chi connectivity index (χ3n) is 6.06. The van der Waals surface area contributed by atoms with Crippen LogP contribution in [0, 0.1) is 5.92 Å². The number of morpholine rings is 2. The summed E-state index contributed by atoms with van der Waals surface area (Å²) in [7, 11) is 0. The molecule has 0 amide bonds. The summed E-state index contributed by atoms with van der Waals surface area (Å²) in [6.45, 7) is 12.8. The molecule has 1 atom stereocenters. The molecule has 0 aliphatic carbocycles. The van der Waals surface area contributed by atoms with Gasteiger partial charge in [-0.3, -0.25) is 4.90 Å². The normalized spacial score (nSPS) is 22.9. The van der Waals surface area contributed by atoms with E-state index in [2.05, 4.69) is 38.3 Å². The van der Waals surface area contributed by atoms with Crippen molar-refractivity contribution in [1.29, 1.82) is 0 Å². The second-order valence-electron chi connectivity index (χ2n) is 8.54. The Morgan fingerprint density at radius 2 is 1.71 bits per heavy atom. The molecular formula is C21H35N7O2S. The summed E-state index contributed by atoms with van der Waals surface area (Å²) in [6, 6.07) is 2.11. The molecule has 1 aromatic heterocycles. The van der Waals surface area contributed by atoms with Gasteiger partial charge in [-0.25, -0.2) is 0 Å². The van der Waals surface area contributed by atoms with Crippen LogP contribution in [0.1, 0.15) is 19.8 Å². The van der Waals surface area contributed by atoms with E-state index in [0.29, 0.717) is 17.0 Å². The lowest BCUT2D eigenvalue weighted by atomic mass is 10.0. The molecular weight excluding hydrogens is 414 g/mol. The van der Waals surface area contributed by atoms with Gasteiger partial charge in [0.05, 0.1) is 26.4 Å². The number of ether oxygens (including phenoxy) is 2. The van der Waals surface area contributed by atoms with Crippen molar-refractivity contribution in [2.24, 2.45) is 5.92 Å². The zero-order valence-electron chi connectivity index (χ0n) is 18.5. The quantitative estimate of drug-likeness (QED) is 0.618. The predicted molar refractivity (Wildman–Crippen MR) is 127 cm³/mol. The number of hydrogen-bond donors (Lipinski definition) is 2. The van der Waals surface area contributed by atoms with E-state index in [1.807, 2.05) is 0 Å². The van der Waals surface area contributed by atoms with E-state index in [0.717, 1.165) is 90.4 Å². The van der Waals surface area contributed by atoms with Crippen molar-refractivity contribution < 1.29 is 9.47 Å². The van der Waals surface area contributed by atoms with Gasteiger partial charge >= 0.3 is 0 Å². The molecule has 0 radical (unpaired) electrons. The van der Waals surface area contributed by atoms with Gasteiger partial charge in [-0.2, -0.15) is 9.97 Å². The van der Waals surface area contributed by atoms with E-state index in [4.69, 9.17) is 31.7 Å². The van der Waals surface area contributed by atoms with Crippen molar-refractivity contribution >= 4 is 34.9 Å². The fraction of sp³-hybridized carbons (Fsp3) is 0.762. The molecule has 4 heterocycles. The number of hydrogen-bond acceptors (Lipinski definition) is 8. The second kappa shape index (κ2) is 11.2. The first-order chi connectivity index (χ1) is 15.2. The van der Waals surface area contributed by atoms with Crippen LogP contribution in [0.25, 0.3) is 0 Å². The van der Waals surface area contributed by atoms with Crippen molar-refractivity contribution in [2.45, 2.75) is 19.8 Å². The lowest BCUT2D eigenvalue weighted by molar-refractivity contribution is 0.0389. The van der Waals surface area contributed by atoms with Gasteiger partial charge in [0.1, 0.15) is 11.6 Å². The third-order valence-corrected chi connectivity index (χ3v) is 6.30. The van der Waals surface area contributed by atoms with E-state index in [1.54, 1.807) is 0 Å². The SMILES string of the molecule is CC1CCCN(c2cc(N3CCOCC3)nc(NC(=S)NCCN3CCOCC3)n2)C1. The number of thiocarbonyl (C=S) groups is 1. The molecule has 3 saturated heterocycles. The Hall–Kier alpha value is -1.75. The highest BCUT2D eigenvalue weighted by Gasteiger charge is 2.21. The van der Waals surface area contributed by atoms with Crippen molar-refractivity contribution in [3.8, 4) is 0 Å². The van der Waals surface area contributed by atoms with Crippen LogP contribution in [0.3, 0.4) is 0 Å². The van der Waals surface area contributed by atoms with Crippen molar-refractivity contribution in [3.05, 3.63) is 6.07 Å². The fourth-order valence-electron chi connectivity index (χ4n) is 4.29. The zero-order valence-corrected chi connectivity index (χ0v) is 19.3. The molecule has 172 valence electrons. The molecule has 2 N–H and O–H groups in total. The maximum Gasteiger partial charge on any atom is 0.232 e. The highest BCUT2D eigenvalue weighted by Crippen LogP contribution is 2.26. The molecule has 9 nitrogen and oxygen atoms in total. The topological polar surface area (TPSA) is 78.0 Å². The van der Waals surface area contributed by atoms with Crippen LogP contribution in [-0.2, 0) is 9.47 Å². The number of aromatic nitrogens is 2. The molecule has 31 heavy (non-hydrogen) atoms. The third kappa shape index (κ3) is 6.61. The molecule has 1 unspecified atom stereocenters. The number of rotatable bonds is 6. The highest BCUT2D eigenvalue weighted by molar-refractivity contribution is 7.80. The van der Waals surface area contributed by atoms with Gasteiger partial charge in [-0.15, -0.1) is 0 Å². The van der Waals surface area contributed by atoms with Gasteiger partial charge in [-0.05, 0) is 31.0 Å². The minimum atomic E-state index is 0.557. The number of piperidine rings is 1. The van der Waals surface area contributed by atoms with E-state index in [-0.39, 0.29) is 0 Å². The Morgan fingerprint density at radius 3 is 2.42 bits per heavy atom. The Bertz CT molecular complexity index is 726. The molecule has 3 fully saturated rings. The molecule has 4 rings (SSSR count). The van der Waals surface area contributed by atoms with Crippen LogP contribution in [0.2, 0.25) is 0 Å². The standard InChI is InChI=1S/C21H35N7O2S/c1-17-3-2-5-28(16-17)19-15-18(27-9-13-30-14-10-27)23-20(24-19)25-21(31)22-4-6-26-7-11-29-12-8-26/h15,17H,2-14,16H2,1H3,(H2,22,23,24,25,31). The first-order valence-electron chi connectivity index (χ1n) is 11.5. The molecule has 3 aliphatic heterocycles. The zero-order chi connectivity index (χ0) is 21.5. The smallest absolute Gasteiger partial charge is 0.232 e. The van der Waals surface area contributed by atoms with Crippen molar-refractivity contribution in [1.82, 2.24) is 20.2 Å². The second-order valence-corrected chi connectivity index (χ2v) is 8.94. The van der Waals surface area contributed by atoms with Crippen LogP contribution in [0.15, 0.2) is 6.07 Å². The average Bonchev–Trinajstić information content (AvgIpc) is 2.80. The summed E-state index contributed by atoms with van der Waals surface area (Å²) in [5.41, 5.74) is 0. The number of anilines is 3. The van der Waals surface area contributed by atoms with Crippen LogP contribution in [-0.4, -0.2) is 98.8 Å². The van der Waals surface area contributed by atoms with Crippen molar-refractivity contribution in [2.75, 3.05) is 93.9 Å². The van der Waals surface area contributed by atoms with E-state index < -0.39 is 0 Å². The van der Waals surface area contributed by atoms with Crippen LogP contribution in [0.4, 0.5) is 17.6 Å². The maximum absolute atomic E-state index is 5.53. The maximum atomic E-state index is 5.53. The van der Waals surface area contributed by atoms with Crippen LogP contribution >= 0.6 is 12.2 Å². The van der Waals surface area contributed by atoms with Gasteiger partial charge in [-0.1, -0.05) is 6.92 Å². The summed E-state index contributed by atoms with van der Waals surface area (Å²) < 4.78 is 10.9. The van der Waals surface area contributed by atoms with Gasteiger partial charge in [0, 0.05) is 58.4 Å². The summed E-state index contributed by atoms with van der Waals surface area (Å²) in [6.07, 6.45) is 2.47. The number of nitrogens with zero attached hydrogens (tertiary/aromatic N) is 5. The predicted octanol–water partition coefficient (Wildman–Crippen LogP) is 1.17. The minimum Gasteiger partial charge on any atom is -0.379 e. The molecule has 0 aromatic carbocycles. The largest absolute Gasteiger partial charge is 0.379 e. The molecule has 0 bridgehead atoms.